The van der Waals surface area contributed by atoms with E-state index in [2.05, 4.69) is 41.4 Å². The molecule has 30 heavy (non-hydrogen) atoms. The van der Waals surface area contributed by atoms with Gasteiger partial charge in [-0.2, -0.15) is 0 Å². The molecular weight excluding hydrogens is 474 g/mol. The van der Waals surface area contributed by atoms with Gasteiger partial charge in [0.05, 0.1) is 18.9 Å². The van der Waals surface area contributed by atoms with Crippen molar-refractivity contribution in [1.82, 2.24) is 20.2 Å². The number of carbonyl (C=O) groups excluding carboxylic acids is 1. The first-order valence-electron chi connectivity index (χ1n) is 9.09. The molecular formula is C19H20BrN5O4S. The molecule has 0 saturated carbocycles. The number of hydrogen-bond donors (Lipinski definition) is 2. The first-order valence-corrected chi connectivity index (χ1v) is 10.7. The molecule has 4 rings (SSSR count). The number of halogens is 1. The molecule has 1 saturated heterocycles. The van der Waals surface area contributed by atoms with E-state index in [4.69, 9.17) is 9.47 Å². The van der Waals surface area contributed by atoms with Crippen molar-refractivity contribution in [3.05, 3.63) is 50.1 Å². The normalized spacial score (nSPS) is 12.8. The molecule has 4 heterocycles. The fourth-order valence-corrected chi connectivity index (χ4v) is 3.55. The maximum Gasteiger partial charge on any atom is 0.324 e. The van der Waals surface area contributed by atoms with Crippen molar-refractivity contribution >= 4 is 38.3 Å². The molecule has 0 bridgehead atoms. The molecule has 3 aromatic rings. The van der Waals surface area contributed by atoms with Gasteiger partial charge in [0, 0.05) is 36.2 Å². The molecule has 11 heteroatoms. The lowest BCUT2D eigenvalue weighted by atomic mass is 10.0. The molecule has 1 aliphatic heterocycles. The van der Waals surface area contributed by atoms with Gasteiger partial charge in [-0.1, -0.05) is 0 Å². The summed E-state index contributed by atoms with van der Waals surface area (Å²) in [6.07, 6.45) is 5.60. The summed E-state index contributed by atoms with van der Waals surface area (Å²) in [5.41, 5.74) is 2.39. The lowest BCUT2D eigenvalue weighted by Crippen LogP contribution is -2.14. The average Bonchev–Trinajstić information content (AvgIpc) is 3.43. The summed E-state index contributed by atoms with van der Waals surface area (Å²) < 4.78 is 10.9. The number of nitrogens with one attached hydrogen (secondary N) is 2. The van der Waals surface area contributed by atoms with Gasteiger partial charge < -0.3 is 9.47 Å². The molecule has 0 spiro atoms. The zero-order valence-corrected chi connectivity index (χ0v) is 18.8. The summed E-state index contributed by atoms with van der Waals surface area (Å²) in [7, 11) is 1.53. The van der Waals surface area contributed by atoms with E-state index in [0.717, 1.165) is 30.2 Å². The third-order valence-corrected chi connectivity index (χ3v) is 5.21. The number of hydrogen-bond acceptors (Lipinski definition) is 8. The Morgan fingerprint density at radius 1 is 1.23 bits per heavy atom. The van der Waals surface area contributed by atoms with Crippen LogP contribution in [0.15, 0.2) is 33.9 Å². The van der Waals surface area contributed by atoms with Gasteiger partial charge in [-0.25, -0.2) is 10.1 Å². The SMILES string of the molecule is C1CCOC1.COc1cnc(Br)cc1-c1cc(C)ncc1C(=O)Nc1n[nH]c(=O)s1. The van der Waals surface area contributed by atoms with Gasteiger partial charge in [-0.15, -0.1) is 5.10 Å². The molecule has 0 atom stereocenters. The predicted octanol–water partition coefficient (Wildman–Crippen LogP) is 3.42. The number of methoxy groups -OCH3 is 1. The van der Waals surface area contributed by atoms with E-state index in [9.17, 15) is 9.59 Å². The second-order valence-electron chi connectivity index (χ2n) is 6.27. The number of aromatic nitrogens is 4. The van der Waals surface area contributed by atoms with Gasteiger partial charge >= 0.3 is 4.87 Å². The molecule has 158 valence electrons. The number of nitrogens with zero attached hydrogens (tertiary/aromatic N) is 3. The van der Waals surface area contributed by atoms with Crippen molar-refractivity contribution in [1.29, 1.82) is 0 Å². The Hall–Kier alpha value is -2.63. The summed E-state index contributed by atoms with van der Waals surface area (Å²) in [4.78, 5) is 31.8. The number of aryl methyl sites for hydroxylation is 1. The first kappa shape index (κ1) is 22.1. The number of rotatable bonds is 4. The summed E-state index contributed by atoms with van der Waals surface area (Å²) in [6.45, 7) is 3.83. The average molecular weight is 494 g/mol. The summed E-state index contributed by atoms with van der Waals surface area (Å²) >= 11 is 4.14. The number of carbonyl (C=O) groups is 1. The molecule has 1 aliphatic rings. The second kappa shape index (κ2) is 10.4. The summed E-state index contributed by atoms with van der Waals surface area (Å²) in [5, 5.41) is 8.76. The lowest BCUT2D eigenvalue weighted by Gasteiger charge is -2.13. The Labute approximate surface area is 185 Å². The molecule has 0 unspecified atom stereocenters. The standard InChI is InChI=1S/C15H12BrN5O3S.C4H8O/c1-7-3-8(9-4-12(16)18-6-11(9)24-2)10(5-17-7)13(22)19-14-20-21-15(23)25-14;1-2-4-5-3-1/h3-6H,1-2H3,(H,21,23)(H,19,20,22);1-4H2. The molecule has 0 radical (unpaired) electrons. The second-order valence-corrected chi connectivity index (χ2v) is 8.04. The Balaban J connectivity index is 0.000000448. The van der Waals surface area contributed by atoms with E-state index in [0.29, 0.717) is 27.0 Å². The van der Waals surface area contributed by atoms with E-state index < -0.39 is 5.91 Å². The van der Waals surface area contributed by atoms with Crippen molar-refractivity contribution in [3.63, 3.8) is 0 Å². The van der Waals surface area contributed by atoms with Gasteiger partial charge in [-0.05, 0) is 59.2 Å². The highest BCUT2D eigenvalue weighted by atomic mass is 79.9. The molecule has 9 nitrogen and oxygen atoms in total. The maximum absolute atomic E-state index is 12.6. The van der Waals surface area contributed by atoms with Crippen LogP contribution in [0, 0.1) is 6.92 Å². The topological polar surface area (TPSA) is 119 Å². The zero-order chi connectivity index (χ0) is 21.5. The van der Waals surface area contributed by atoms with Crippen LogP contribution in [-0.4, -0.2) is 46.4 Å². The number of aromatic amines is 1. The highest BCUT2D eigenvalue weighted by molar-refractivity contribution is 9.10. The van der Waals surface area contributed by atoms with Crippen molar-refractivity contribution in [2.24, 2.45) is 0 Å². The Kier molecular flexibility index (Phi) is 7.66. The van der Waals surface area contributed by atoms with E-state index in [1.54, 1.807) is 18.3 Å². The van der Waals surface area contributed by atoms with Crippen molar-refractivity contribution in [2.75, 3.05) is 25.6 Å². The fraction of sp³-hybridized carbons (Fsp3) is 0.316. The molecule has 0 aromatic carbocycles. The fourth-order valence-electron chi connectivity index (χ4n) is 2.71. The van der Waals surface area contributed by atoms with Gasteiger partial charge in [-0.3, -0.25) is 19.9 Å². The largest absolute Gasteiger partial charge is 0.494 e. The predicted molar refractivity (Wildman–Crippen MR) is 117 cm³/mol. The molecule has 3 aromatic heterocycles. The van der Waals surface area contributed by atoms with Crippen molar-refractivity contribution in [3.8, 4) is 16.9 Å². The first-order chi connectivity index (χ1) is 14.5. The molecule has 1 fully saturated rings. The lowest BCUT2D eigenvalue weighted by molar-refractivity contribution is 0.102. The third-order valence-electron chi connectivity index (χ3n) is 4.12. The van der Waals surface area contributed by atoms with Crippen LogP contribution in [0.4, 0.5) is 5.13 Å². The van der Waals surface area contributed by atoms with Crippen LogP contribution in [0.5, 0.6) is 5.75 Å². The van der Waals surface area contributed by atoms with Crippen LogP contribution in [0.2, 0.25) is 0 Å². The van der Waals surface area contributed by atoms with E-state index in [1.165, 1.54) is 26.1 Å². The minimum Gasteiger partial charge on any atom is -0.494 e. The number of ether oxygens (including phenoxy) is 2. The van der Waals surface area contributed by atoms with Crippen LogP contribution in [0.1, 0.15) is 28.9 Å². The number of amides is 1. The van der Waals surface area contributed by atoms with Gasteiger partial charge in [0.1, 0.15) is 10.4 Å². The van der Waals surface area contributed by atoms with E-state index in [1.807, 2.05) is 6.92 Å². The Bertz CT molecular complexity index is 1070. The van der Waals surface area contributed by atoms with Gasteiger partial charge in [0.25, 0.3) is 5.91 Å². The minimum atomic E-state index is -0.430. The maximum atomic E-state index is 12.6. The van der Waals surface area contributed by atoms with Crippen LogP contribution >= 0.6 is 27.3 Å². The molecule has 1 amide bonds. The van der Waals surface area contributed by atoms with E-state index >= 15 is 0 Å². The van der Waals surface area contributed by atoms with Gasteiger partial charge in [0.2, 0.25) is 5.13 Å². The Morgan fingerprint density at radius 2 is 2.00 bits per heavy atom. The third kappa shape index (κ3) is 5.71. The highest BCUT2D eigenvalue weighted by Crippen LogP contribution is 2.34. The van der Waals surface area contributed by atoms with Crippen LogP contribution in [0.3, 0.4) is 0 Å². The van der Waals surface area contributed by atoms with Crippen LogP contribution in [0.25, 0.3) is 11.1 Å². The summed E-state index contributed by atoms with van der Waals surface area (Å²) in [5.74, 6) is 0.0903. The Morgan fingerprint density at radius 3 is 2.60 bits per heavy atom. The van der Waals surface area contributed by atoms with Crippen LogP contribution < -0.4 is 14.9 Å². The minimum absolute atomic E-state index is 0.185. The monoisotopic (exact) mass is 493 g/mol. The quantitative estimate of drug-likeness (QED) is 0.534. The van der Waals surface area contributed by atoms with Crippen molar-refractivity contribution in [2.45, 2.75) is 19.8 Å². The number of anilines is 1. The molecule has 0 aliphatic carbocycles. The smallest absolute Gasteiger partial charge is 0.324 e. The van der Waals surface area contributed by atoms with E-state index in [-0.39, 0.29) is 10.0 Å². The number of H-pyrrole nitrogens is 1. The number of pyridine rings is 2. The van der Waals surface area contributed by atoms with Crippen LogP contribution in [-0.2, 0) is 4.74 Å². The zero-order valence-electron chi connectivity index (χ0n) is 16.4. The summed E-state index contributed by atoms with van der Waals surface area (Å²) in [6, 6.07) is 3.55. The highest BCUT2D eigenvalue weighted by Gasteiger charge is 2.19. The van der Waals surface area contributed by atoms with Gasteiger partial charge in [0.15, 0.2) is 0 Å². The molecule has 2 N–H and O–H groups in total. The van der Waals surface area contributed by atoms with Crippen molar-refractivity contribution < 1.29 is 14.3 Å².